The van der Waals surface area contributed by atoms with Crippen LogP contribution in [0.15, 0.2) is 78.9 Å². The van der Waals surface area contributed by atoms with E-state index in [0.29, 0.717) is 22.3 Å². The highest BCUT2D eigenvalue weighted by Crippen LogP contribution is 2.61. The zero-order chi connectivity index (χ0) is 24.9. The van der Waals surface area contributed by atoms with Gasteiger partial charge in [-0.15, -0.1) is 0 Å². The Morgan fingerprint density at radius 1 is 0.543 bits per heavy atom. The first-order valence-corrected chi connectivity index (χ1v) is 11.1. The standard InChI is InChI=1S/C28H24O7/c29-17-5-1-14(2-6-17)24-25(16-9-19(31)11-20(32)10-16)26-22(12-21(33)13-23(26)34)27(24)28(35)15-3-7-18(30)8-4-15/h1-13,24-25,27-35H. The summed E-state index contributed by atoms with van der Waals surface area (Å²) in [6.07, 6.45) is -1.11. The molecule has 0 aliphatic heterocycles. The molecule has 0 radical (unpaired) electrons. The molecule has 35 heavy (non-hydrogen) atoms. The van der Waals surface area contributed by atoms with Gasteiger partial charge in [-0.3, -0.25) is 0 Å². The fourth-order valence-electron chi connectivity index (χ4n) is 5.35. The number of aliphatic hydroxyl groups excluding tert-OH is 1. The zero-order valence-corrected chi connectivity index (χ0v) is 18.4. The third-order valence-corrected chi connectivity index (χ3v) is 6.73. The van der Waals surface area contributed by atoms with Crippen molar-refractivity contribution in [2.45, 2.75) is 23.9 Å². The maximum absolute atomic E-state index is 11.6. The number of aromatic hydroxyl groups is 6. The molecule has 7 heteroatoms. The maximum atomic E-state index is 11.6. The molecule has 0 fully saturated rings. The van der Waals surface area contributed by atoms with Gasteiger partial charge in [0.1, 0.15) is 34.5 Å². The van der Waals surface area contributed by atoms with Gasteiger partial charge in [-0.1, -0.05) is 24.3 Å². The predicted molar refractivity (Wildman–Crippen MR) is 128 cm³/mol. The summed E-state index contributed by atoms with van der Waals surface area (Å²) < 4.78 is 0. The number of rotatable bonds is 4. The lowest BCUT2D eigenvalue weighted by Crippen LogP contribution is -2.18. The second-order valence-corrected chi connectivity index (χ2v) is 8.91. The van der Waals surface area contributed by atoms with Crippen LogP contribution in [0.3, 0.4) is 0 Å². The highest BCUT2D eigenvalue weighted by atomic mass is 16.3. The van der Waals surface area contributed by atoms with Gasteiger partial charge in [0.15, 0.2) is 0 Å². The van der Waals surface area contributed by atoms with Gasteiger partial charge < -0.3 is 35.7 Å². The lowest BCUT2D eigenvalue weighted by molar-refractivity contribution is 0.134. The summed E-state index contributed by atoms with van der Waals surface area (Å²) in [7, 11) is 0. The number of aliphatic hydroxyl groups is 1. The van der Waals surface area contributed by atoms with Crippen molar-refractivity contribution in [1.82, 2.24) is 0 Å². The SMILES string of the molecule is Oc1ccc(C(O)C2c3cc(O)cc(O)c3C(c3cc(O)cc(O)c3)C2c2ccc(O)cc2)cc1. The third-order valence-electron chi connectivity index (χ3n) is 6.73. The van der Waals surface area contributed by atoms with Crippen molar-refractivity contribution in [3.8, 4) is 34.5 Å². The number of fused-ring (bicyclic) bond motifs is 1. The van der Waals surface area contributed by atoms with Crippen molar-refractivity contribution in [3.63, 3.8) is 0 Å². The lowest BCUT2D eigenvalue weighted by atomic mass is 9.75. The Kier molecular flexibility index (Phi) is 5.42. The molecule has 0 saturated carbocycles. The first-order valence-electron chi connectivity index (χ1n) is 11.1. The number of phenols is 6. The first-order chi connectivity index (χ1) is 16.7. The van der Waals surface area contributed by atoms with Gasteiger partial charge in [0.05, 0.1) is 6.10 Å². The van der Waals surface area contributed by atoms with Crippen molar-refractivity contribution >= 4 is 0 Å². The summed E-state index contributed by atoms with van der Waals surface area (Å²) in [5.41, 5.74) is 2.71. The normalized spacial score (nSPS) is 19.9. The van der Waals surface area contributed by atoms with E-state index in [4.69, 9.17) is 0 Å². The maximum Gasteiger partial charge on any atom is 0.123 e. The largest absolute Gasteiger partial charge is 0.508 e. The van der Waals surface area contributed by atoms with Crippen LogP contribution in [0.2, 0.25) is 0 Å². The molecule has 4 unspecified atom stereocenters. The smallest absolute Gasteiger partial charge is 0.123 e. The number of hydrogen-bond donors (Lipinski definition) is 7. The molecule has 1 aliphatic rings. The van der Waals surface area contributed by atoms with Crippen LogP contribution < -0.4 is 0 Å². The van der Waals surface area contributed by atoms with Crippen LogP contribution in [0.25, 0.3) is 0 Å². The van der Waals surface area contributed by atoms with Gasteiger partial charge >= 0.3 is 0 Å². The minimum absolute atomic E-state index is 0.0475. The quantitative estimate of drug-likeness (QED) is 0.229. The van der Waals surface area contributed by atoms with E-state index in [-0.39, 0.29) is 34.5 Å². The number of phenolic OH excluding ortho intramolecular Hbond substituents is 6. The molecule has 4 atom stereocenters. The van der Waals surface area contributed by atoms with Gasteiger partial charge in [-0.25, -0.2) is 0 Å². The van der Waals surface area contributed by atoms with E-state index in [1.807, 2.05) is 0 Å². The van der Waals surface area contributed by atoms with E-state index in [9.17, 15) is 35.7 Å². The molecule has 0 heterocycles. The van der Waals surface area contributed by atoms with Crippen LogP contribution in [-0.4, -0.2) is 35.7 Å². The van der Waals surface area contributed by atoms with E-state index in [1.165, 1.54) is 54.6 Å². The molecule has 7 N–H and O–H groups in total. The second kappa shape index (κ2) is 8.45. The Bertz CT molecular complexity index is 1360. The Hall–Kier alpha value is -4.36. The van der Waals surface area contributed by atoms with Crippen molar-refractivity contribution in [2.75, 3.05) is 0 Å². The lowest BCUT2D eigenvalue weighted by Gasteiger charge is -2.30. The Morgan fingerprint density at radius 2 is 1.09 bits per heavy atom. The summed E-state index contributed by atoms with van der Waals surface area (Å²) in [6.45, 7) is 0. The molecule has 0 bridgehead atoms. The molecule has 5 rings (SSSR count). The van der Waals surface area contributed by atoms with Crippen LogP contribution in [0, 0.1) is 0 Å². The Morgan fingerprint density at radius 3 is 1.69 bits per heavy atom. The highest BCUT2D eigenvalue weighted by Gasteiger charge is 2.47. The van der Waals surface area contributed by atoms with E-state index >= 15 is 0 Å². The van der Waals surface area contributed by atoms with Gasteiger partial charge in [0.25, 0.3) is 0 Å². The van der Waals surface area contributed by atoms with Crippen LogP contribution >= 0.6 is 0 Å². The van der Waals surface area contributed by atoms with Crippen LogP contribution in [0.1, 0.15) is 51.7 Å². The number of hydrogen-bond acceptors (Lipinski definition) is 7. The average Bonchev–Trinajstić information content (AvgIpc) is 3.14. The molecule has 4 aromatic rings. The van der Waals surface area contributed by atoms with E-state index in [1.54, 1.807) is 24.3 Å². The van der Waals surface area contributed by atoms with Gasteiger partial charge in [-0.2, -0.15) is 0 Å². The minimum atomic E-state index is -1.11. The van der Waals surface area contributed by atoms with Crippen molar-refractivity contribution in [3.05, 3.63) is 107 Å². The Labute approximate surface area is 201 Å². The van der Waals surface area contributed by atoms with Crippen LogP contribution in [-0.2, 0) is 0 Å². The monoisotopic (exact) mass is 472 g/mol. The molecule has 0 saturated heterocycles. The van der Waals surface area contributed by atoms with Crippen molar-refractivity contribution in [1.29, 1.82) is 0 Å². The molecule has 7 nitrogen and oxygen atoms in total. The molecular weight excluding hydrogens is 448 g/mol. The second-order valence-electron chi connectivity index (χ2n) is 8.91. The molecular formula is C28H24O7. The van der Waals surface area contributed by atoms with E-state index in [0.717, 1.165) is 5.56 Å². The molecule has 1 aliphatic carbocycles. The molecule has 0 spiro atoms. The summed E-state index contributed by atoms with van der Waals surface area (Å²) in [5.74, 6) is -2.39. The molecule has 0 amide bonds. The first kappa shape index (κ1) is 22.4. The fraction of sp³-hybridized carbons (Fsp3) is 0.143. The van der Waals surface area contributed by atoms with Gasteiger partial charge in [0, 0.05) is 35.4 Å². The van der Waals surface area contributed by atoms with E-state index in [2.05, 4.69) is 0 Å². The fourth-order valence-corrected chi connectivity index (χ4v) is 5.35. The van der Waals surface area contributed by atoms with Crippen molar-refractivity contribution < 1.29 is 35.7 Å². The summed E-state index contributed by atoms with van der Waals surface area (Å²) >= 11 is 0. The third kappa shape index (κ3) is 3.96. The van der Waals surface area contributed by atoms with Gasteiger partial charge in [-0.05, 0) is 64.7 Å². The van der Waals surface area contributed by atoms with Crippen LogP contribution in [0.4, 0.5) is 0 Å². The van der Waals surface area contributed by atoms with E-state index < -0.39 is 23.9 Å². The molecule has 0 aromatic heterocycles. The average molecular weight is 472 g/mol. The summed E-state index contributed by atoms with van der Waals surface area (Å²) in [4.78, 5) is 0. The minimum Gasteiger partial charge on any atom is -0.508 e. The molecule has 178 valence electrons. The summed E-state index contributed by atoms with van der Waals surface area (Å²) in [5, 5.41) is 72.9. The van der Waals surface area contributed by atoms with Crippen LogP contribution in [0.5, 0.6) is 34.5 Å². The summed E-state index contributed by atoms with van der Waals surface area (Å²) in [6, 6.07) is 19.5. The predicted octanol–water partition coefficient (Wildman–Crippen LogP) is 4.67. The zero-order valence-electron chi connectivity index (χ0n) is 18.4. The van der Waals surface area contributed by atoms with Gasteiger partial charge in [0.2, 0.25) is 0 Å². The Balaban J connectivity index is 1.78. The van der Waals surface area contributed by atoms with Crippen molar-refractivity contribution in [2.24, 2.45) is 0 Å². The topological polar surface area (TPSA) is 142 Å². The number of benzene rings is 4. The molecule has 4 aromatic carbocycles. The highest BCUT2D eigenvalue weighted by molar-refractivity contribution is 5.61.